The zero-order chi connectivity index (χ0) is 16.4. The van der Waals surface area contributed by atoms with Gasteiger partial charge in [0.05, 0.1) is 31.5 Å². The first-order valence-corrected chi connectivity index (χ1v) is 10.4. The van der Waals surface area contributed by atoms with Gasteiger partial charge in [-0.05, 0) is 23.5 Å². The molecule has 0 radical (unpaired) electrons. The van der Waals surface area contributed by atoms with Crippen molar-refractivity contribution in [3.63, 3.8) is 0 Å². The fourth-order valence-electron chi connectivity index (χ4n) is 3.95. The first-order valence-electron chi connectivity index (χ1n) is 8.26. The van der Waals surface area contributed by atoms with Gasteiger partial charge in [0.25, 0.3) is 0 Å². The number of hydrogen-bond donors (Lipinski definition) is 2. The molecule has 0 aromatic carbocycles. The van der Waals surface area contributed by atoms with Crippen molar-refractivity contribution in [1.29, 1.82) is 0 Å². The molecular weight excluding hydrogens is 284 g/mol. The molecule has 0 saturated carbocycles. The summed E-state index contributed by atoms with van der Waals surface area (Å²) in [5.41, 5.74) is 1.48. The second-order valence-corrected chi connectivity index (χ2v) is 12.8. The highest BCUT2D eigenvalue weighted by atomic mass is 28.4. The number of aliphatic hydroxyl groups is 2. The van der Waals surface area contributed by atoms with E-state index in [4.69, 9.17) is 9.16 Å². The molecule has 0 spiro atoms. The molecule has 1 aliphatic rings. The fourth-order valence-corrected chi connectivity index (χ4v) is 9.41. The van der Waals surface area contributed by atoms with Gasteiger partial charge in [0.15, 0.2) is 8.32 Å². The van der Waals surface area contributed by atoms with Gasteiger partial charge in [-0.2, -0.15) is 0 Å². The van der Waals surface area contributed by atoms with Gasteiger partial charge < -0.3 is 19.4 Å². The van der Waals surface area contributed by atoms with Crippen molar-refractivity contribution < 1.29 is 19.4 Å². The molecule has 0 aromatic heterocycles. The summed E-state index contributed by atoms with van der Waals surface area (Å²) in [5.74, 6) is -0.238. The third-order valence-electron chi connectivity index (χ3n) is 5.10. The van der Waals surface area contributed by atoms with E-state index in [1.807, 2.05) is 6.92 Å². The second kappa shape index (κ2) is 7.55. The first kappa shape index (κ1) is 19.1. The Kier molecular flexibility index (Phi) is 6.87. The van der Waals surface area contributed by atoms with Gasteiger partial charge >= 0.3 is 0 Å². The van der Waals surface area contributed by atoms with Crippen LogP contribution >= 0.6 is 0 Å². The van der Waals surface area contributed by atoms with Crippen LogP contribution in [0.25, 0.3) is 0 Å². The van der Waals surface area contributed by atoms with Crippen LogP contribution in [0.3, 0.4) is 0 Å². The van der Waals surface area contributed by atoms with Crippen molar-refractivity contribution >= 4 is 8.32 Å². The summed E-state index contributed by atoms with van der Waals surface area (Å²) in [7, 11) is -1.96. The highest BCUT2D eigenvalue weighted by Crippen LogP contribution is 2.42. The van der Waals surface area contributed by atoms with E-state index in [9.17, 15) is 10.2 Å². The highest BCUT2D eigenvalue weighted by Gasteiger charge is 2.48. The molecule has 21 heavy (non-hydrogen) atoms. The molecule has 0 aliphatic carbocycles. The van der Waals surface area contributed by atoms with Crippen LogP contribution in [0.15, 0.2) is 0 Å². The minimum atomic E-state index is -1.96. The highest BCUT2D eigenvalue weighted by molar-refractivity contribution is 6.77. The normalized spacial score (nSPS) is 25.7. The molecule has 0 amide bonds. The Bertz CT molecular complexity index is 298. The van der Waals surface area contributed by atoms with Crippen molar-refractivity contribution in [1.82, 2.24) is 0 Å². The van der Waals surface area contributed by atoms with E-state index in [2.05, 4.69) is 41.5 Å². The molecule has 0 bridgehead atoms. The van der Waals surface area contributed by atoms with Crippen molar-refractivity contribution in [2.24, 2.45) is 5.92 Å². The predicted molar refractivity (Wildman–Crippen MR) is 87.9 cm³/mol. The summed E-state index contributed by atoms with van der Waals surface area (Å²) in [6.07, 6.45) is -0.547. The molecule has 4 nitrogen and oxygen atoms in total. The van der Waals surface area contributed by atoms with Gasteiger partial charge in [0.1, 0.15) is 0 Å². The van der Waals surface area contributed by atoms with Gasteiger partial charge in [0, 0.05) is 5.92 Å². The lowest BCUT2D eigenvalue weighted by atomic mass is 9.98. The molecule has 1 heterocycles. The Balaban J connectivity index is 2.72. The number of ether oxygens (including phenoxy) is 1. The Hall–Kier alpha value is 0.0569. The summed E-state index contributed by atoms with van der Waals surface area (Å²) in [5, 5.41) is 19.9. The van der Waals surface area contributed by atoms with Gasteiger partial charge in [-0.1, -0.05) is 41.5 Å². The molecule has 4 atom stereocenters. The zero-order valence-corrected chi connectivity index (χ0v) is 15.7. The molecule has 0 unspecified atom stereocenters. The van der Waals surface area contributed by atoms with Crippen LogP contribution < -0.4 is 0 Å². The van der Waals surface area contributed by atoms with Crippen molar-refractivity contribution in [3.8, 4) is 0 Å². The van der Waals surface area contributed by atoms with Gasteiger partial charge in [-0.3, -0.25) is 0 Å². The van der Waals surface area contributed by atoms with E-state index >= 15 is 0 Å². The Morgan fingerprint density at radius 2 is 1.48 bits per heavy atom. The molecule has 1 saturated heterocycles. The Morgan fingerprint density at radius 3 is 1.76 bits per heavy atom. The van der Waals surface area contributed by atoms with E-state index in [-0.39, 0.29) is 24.7 Å². The summed E-state index contributed by atoms with van der Waals surface area (Å²) in [6, 6.07) is 0. The fraction of sp³-hybridized carbons (Fsp3) is 1.00. The molecule has 5 heteroatoms. The van der Waals surface area contributed by atoms with Crippen LogP contribution in [0.2, 0.25) is 16.6 Å². The maximum absolute atomic E-state index is 10.4. The lowest BCUT2D eigenvalue weighted by molar-refractivity contribution is 0.0134. The molecular formula is C16H34O4Si. The summed E-state index contributed by atoms with van der Waals surface area (Å²) >= 11 is 0. The Labute approximate surface area is 131 Å². The maximum atomic E-state index is 10.4. The summed E-state index contributed by atoms with van der Waals surface area (Å²) in [4.78, 5) is 0. The van der Waals surface area contributed by atoms with Crippen LogP contribution in [0, 0.1) is 5.92 Å². The van der Waals surface area contributed by atoms with Crippen LogP contribution in [0.1, 0.15) is 48.5 Å². The minimum Gasteiger partial charge on any atom is -0.413 e. The van der Waals surface area contributed by atoms with E-state index in [1.165, 1.54) is 0 Å². The standard InChI is InChI=1S/C16H34O4Si/c1-10(2)21(11(3)4,12(5)6)19-9-15(18)14(8-17)16-13(7)20-16/h10-18H,8-9H2,1-7H3/t13-,14-,15+,16-/m0/s1. The number of rotatable bonds is 9. The van der Waals surface area contributed by atoms with E-state index in [0.29, 0.717) is 23.2 Å². The first-order chi connectivity index (χ1) is 9.68. The average molecular weight is 319 g/mol. The molecule has 1 rings (SSSR count). The summed E-state index contributed by atoms with van der Waals surface area (Å²) < 4.78 is 11.8. The van der Waals surface area contributed by atoms with E-state index in [1.54, 1.807) is 0 Å². The third-order valence-corrected chi connectivity index (χ3v) is 11.2. The number of hydrogen-bond acceptors (Lipinski definition) is 4. The van der Waals surface area contributed by atoms with Crippen LogP contribution in [-0.2, 0) is 9.16 Å². The van der Waals surface area contributed by atoms with E-state index < -0.39 is 14.4 Å². The maximum Gasteiger partial charge on any atom is 0.200 e. The number of aliphatic hydroxyl groups excluding tert-OH is 2. The van der Waals surface area contributed by atoms with Crippen LogP contribution in [0.5, 0.6) is 0 Å². The molecule has 0 aromatic rings. The zero-order valence-electron chi connectivity index (χ0n) is 14.7. The molecule has 1 aliphatic heterocycles. The van der Waals surface area contributed by atoms with Crippen molar-refractivity contribution in [3.05, 3.63) is 0 Å². The topological polar surface area (TPSA) is 62.2 Å². The van der Waals surface area contributed by atoms with Crippen LogP contribution in [-0.4, -0.2) is 50.1 Å². The second-order valence-electron chi connectivity index (χ2n) is 7.35. The van der Waals surface area contributed by atoms with Gasteiger partial charge in [-0.15, -0.1) is 0 Å². The van der Waals surface area contributed by atoms with Crippen molar-refractivity contribution in [2.75, 3.05) is 13.2 Å². The lowest BCUT2D eigenvalue weighted by Crippen LogP contribution is -2.50. The SMILES string of the molecule is CC(C)[Si](OC[C@@H](O)[C@H](CO)[C@H]1O[C@H]1C)(C(C)C)C(C)C. The van der Waals surface area contributed by atoms with Crippen LogP contribution in [0.4, 0.5) is 0 Å². The average Bonchev–Trinajstić information content (AvgIpc) is 3.06. The predicted octanol–water partition coefficient (Wildman–Crippen LogP) is 2.94. The quantitative estimate of drug-likeness (QED) is 0.507. The minimum absolute atomic E-state index is 0.0261. The summed E-state index contributed by atoms with van der Waals surface area (Å²) in [6.45, 7) is 15.6. The van der Waals surface area contributed by atoms with E-state index in [0.717, 1.165) is 0 Å². The number of epoxide rings is 1. The Morgan fingerprint density at radius 1 is 1.05 bits per heavy atom. The van der Waals surface area contributed by atoms with Gasteiger partial charge in [0.2, 0.25) is 0 Å². The molecule has 126 valence electrons. The smallest absolute Gasteiger partial charge is 0.200 e. The largest absolute Gasteiger partial charge is 0.413 e. The van der Waals surface area contributed by atoms with Gasteiger partial charge in [-0.25, -0.2) is 0 Å². The molecule has 2 N–H and O–H groups in total. The monoisotopic (exact) mass is 318 g/mol. The third kappa shape index (κ3) is 4.08. The van der Waals surface area contributed by atoms with Crippen molar-refractivity contribution in [2.45, 2.75) is 83.4 Å². The molecule has 1 fully saturated rings. The lowest BCUT2D eigenvalue weighted by Gasteiger charge is -2.43.